The van der Waals surface area contributed by atoms with Gasteiger partial charge in [-0.2, -0.15) is 0 Å². The molecular formula is C6H3Cl2NO2. The highest BCUT2D eigenvalue weighted by Crippen LogP contribution is 2.22. The topological polar surface area (TPSA) is 39.2 Å². The van der Waals surface area contributed by atoms with E-state index in [1.807, 2.05) is 0 Å². The lowest BCUT2D eigenvalue weighted by atomic mass is 10.5. The first-order valence-electron chi connectivity index (χ1n) is 2.66. The molecule has 0 aliphatic rings. The summed E-state index contributed by atoms with van der Waals surface area (Å²) in [7, 11) is 0. The van der Waals surface area contributed by atoms with Crippen LogP contribution in [0.1, 0.15) is 0 Å². The summed E-state index contributed by atoms with van der Waals surface area (Å²) in [6, 6.07) is 2.94. The average molecular weight is 192 g/mol. The van der Waals surface area contributed by atoms with Gasteiger partial charge in [0.05, 0.1) is 0 Å². The molecular weight excluding hydrogens is 189 g/mol. The van der Waals surface area contributed by atoms with Crippen LogP contribution >= 0.6 is 23.2 Å². The van der Waals surface area contributed by atoms with E-state index in [1.54, 1.807) is 0 Å². The number of hydrogen-bond donors (Lipinski definition) is 0. The lowest BCUT2D eigenvalue weighted by molar-refractivity contribution is -0.120. The Labute approximate surface area is 72.9 Å². The van der Waals surface area contributed by atoms with Gasteiger partial charge in [0.1, 0.15) is 5.15 Å². The van der Waals surface area contributed by atoms with Crippen molar-refractivity contribution in [2.45, 2.75) is 0 Å². The van der Waals surface area contributed by atoms with Crippen molar-refractivity contribution in [2.75, 3.05) is 0 Å². The molecule has 0 saturated carbocycles. The van der Waals surface area contributed by atoms with Crippen LogP contribution in [0.25, 0.3) is 0 Å². The molecule has 11 heavy (non-hydrogen) atoms. The zero-order valence-corrected chi connectivity index (χ0v) is 6.76. The Bertz CT molecular complexity index is 277. The van der Waals surface area contributed by atoms with Crippen molar-refractivity contribution in [1.29, 1.82) is 0 Å². The van der Waals surface area contributed by atoms with Crippen LogP contribution < -0.4 is 4.74 Å². The number of rotatable bonds is 2. The molecule has 1 aromatic heterocycles. The number of carbonyl (C=O) groups is 1. The van der Waals surface area contributed by atoms with E-state index in [9.17, 15) is 4.79 Å². The van der Waals surface area contributed by atoms with Gasteiger partial charge < -0.3 is 4.74 Å². The Hall–Kier alpha value is -0.800. The van der Waals surface area contributed by atoms with E-state index in [4.69, 9.17) is 23.2 Å². The summed E-state index contributed by atoms with van der Waals surface area (Å²) in [4.78, 5) is 13.5. The second kappa shape index (κ2) is 3.55. The number of pyridine rings is 1. The van der Waals surface area contributed by atoms with Gasteiger partial charge in [-0.05, 0) is 12.1 Å². The predicted molar refractivity (Wildman–Crippen MR) is 40.9 cm³/mol. The van der Waals surface area contributed by atoms with Crippen molar-refractivity contribution >= 4 is 29.7 Å². The Kier molecular flexibility index (Phi) is 2.68. The zero-order valence-electron chi connectivity index (χ0n) is 5.25. The zero-order chi connectivity index (χ0) is 8.27. The minimum Gasteiger partial charge on any atom is -0.425 e. The molecule has 1 aromatic rings. The average Bonchev–Trinajstić information content (AvgIpc) is 1.95. The fraction of sp³-hybridized carbons (Fsp3) is 0. The van der Waals surface area contributed by atoms with Gasteiger partial charge >= 0.3 is 0 Å². The molecule has 0 radical (unpaired) electrons. The van der Waals surface area contributed by atoms with Crippen molar-refractivity contribution in [3.8, 4) is 5.75 Å². The van der Waals surface area contributed by atoms with Gasteiger partial charge in [-0.3, -0.25) is 4.79 Å². The molecule has 0 N–H and O–H groups in total. The number of hydrogen-bond acceptors (Lipinski definition) is 3. The highest BCUT2D eigenvalue weighted by Gasteiger charge is 2.01. The van der Waals surface area contributed by atoms with Crippen LogP contribution in [0.15, 0.2) is 12.1 Å². The van der Waals surface area contributed by atoms with E-state index in [-0.39, 0.29) is 22.5 Å². The number of nitrogens with zero attached hydrogens (tertiary/aromatic N) is 1. The van der Waals surface area contributed by atoms with Gasteiger partial charge in [0.25, 0.3) is 6.47 Å². The second-order valence-corrected chi connectivity index (χ2v) is 2.38. The molecule has 0 aromatic carbocycles. The van der Waals surface area contributed by atoms with Crippen LogP contribution in [0.3, 0.4) is 0 Å². The number of ether oxygens (including phenoxy) is 1. The summed E-state index contributed by atoms with van der Waals surface area (Å²) < 4.78 is 4.46. The van der Waals surface area contributed by atoms with Crippen LogP contribution in [-0.2, 0) is 4.79 Å². The minimum atomic E-state index is 0.0737. The standard InChI is InChI=1S/C6H3Cl2NO2/c7-5-2-1-4(11-3-10)6(8)9-5/h1-3H. The Morgan fingerprint density at radius 1 is 1.45 bits per heavy atom. The van der Waals surface area contributed by atoms with E-state index >= 15 is 0 Å². The van der Waals surface area contributed by atoms with Gasteiger partial charge in [-0.15, -0.1) is 0 Å². The molecule has 0 aliphatic carbocycles. The Morgan fingerprint density at radius 3 is 2.73 bits per heavy atom. The van der Waals surface area contributed by atoms with Crippen molar-refractivity contribution < 1.29 is 9.53 Å². The molecule has 5 heteroatoms. The van der Waals surface area contributed by atoms with Gasteiger partial charge in [0.2, 0.25) is 0 Å². The molecule has 3 nitrogen and oxygen atoms in total. The van der Waals surface area contributed by atoms with Crippen molar-refractivity contribution in [1.82, 2.24) is 4.98 Å². The highest BCUT2D eigenvalue weighted by molar-refractivity contribution is 6.33. The predicted octanol–water partition coefficient (Wildman–Crippen LogP) is 1.92. The third-order valence-corrected chi connectivity index (χ3v) is 1.44. The van der Waals surface area contributed by atoms with Crippen molar-refractivity contribution in [2.24, 2.45) is 0 Å². The molecule has 0 spiro atoms. The summed E-state index contributed by atoms with van der Waals surface area (Å²) in [5.74, 6) is 0.200. The molecule has 0 saturated heterocycles. The van der Waals surface area contributed by atoms with Gasteiger partial charge in [0, 0.05) is 0 Å². The molecule has 0 aliphatic heterocycles. The van der Waals surface area contributed by atoms with Crippen LogP contribution in [0.4, 0.5) is 0 Å². The van der Waals surface area contributed by atoms with Crippen LogP contribution in [0, 0.1) is 0 Å². The second-order valence-electron chi connectivity index (χ2n) is 1.64. The quantitative estimate of drug-likeness (QED) is 0.530. The first kappa shape index (κ1) is 8.30. The Balaban J connectivity index is 2.98. The largest absolute Gasteiger partial charge is 0.425 e. The molecule has 1 heterocycles. The molecule has 58 valence electrons. The number of carbonyl (C=O) groups excluding carboxylic acids is 1. The molecule has 0 bridgehead atoms. The van der Waals surface area contributed by atoms with E-state index in [0.717, 1.165) is 0 Å². The smallest absolute Gasteiger partial charge is 0.298 e. The lowest BCUT2D eigenvalue weighted by Crippen LogP contribution is -1.90. The van der Waals surface area contributed by atoms with Gasteiger partial charge in [-0.1, -0.05) is 23.2 Å². The van der Waals surface area contributed by atoms with Crippen molar-refractivity contribution in [3.05, 3.63) is 22.4 Å². The molecule has 0 amide bonds. The fourth-order valence-electron chi connectivity index (χ4n) is 0.539. The van der Waals surface area contributed by atoms with Crippen LogP contribution in [0.5, 0.6) is 5.75 Å². The Morgan fingerprint density at radius 2 is 2.18 bits per heavy atom. The maximum atomic E-state index is 9.87. The molecule has 0 fully saturated rings. The number of halogens is 2. The van der Waals surface area contributed by atoms with Gasteiger partial charge in [0.15, 0.2) is 10.9 Å². The molecule has 1 rings (SSSR count). The van der Waals surface area contributed by atoms with E-state index in [1.165, 1.54) is 12.1 Å². The maximum Gasteiger partial charge on any atom is 0.298 e. The number of aromatic nitrogens is 1. The summed E-state index contributed by atoms with van der Waals surface area (Å²) in [5, 5.41) is 0.331. The van der Waals surface area contributed by atoms with E-state index < -0.39 is 0 Å². The highest BCUT2D eigenvalue weighted by atomic mass is 35.5. The third-order valence-electron chi connectivity index (χ3n) is 0.956. The molecule has 0 atom stereocenters. The summed E-state index contributed by atoms with van der Waals surface area (Å²) in [5.41, 5.74) is 0. The summed E-state index contributed by atoms with van der Waals surface area (Å²) in [6.45, 7) is 0.275. The minimum absolute atomic E-state index is 0.0737. The van der Waals surface area contributed by atoms with Crippen LogP contribution in [0.2, 0.25) is 10.3 Å². The first-order valence-corrected chi connectivity index (χ1v) is 3.42. The van der Waals surface area contributed by atoms with Gasteiger partial charge in [-0.25, -0.2) is 4.98 Å². The summed E-state index contributed by atoms with van der Waals surface area (Å²) >= 11 is 11.0. The van der Waals surface area contributed by atoms with E-state index in [0.29, 0.717) is 0 Å². The van der Waals surface area contributed by atoms with Crippen LogP contribution in [-0.4, -0.2) is 11.5 Å². The molecule has 0 unspecified atom stereocenters. The SMILES string of the molecule is O=COc1ccc(Cl)nc1Cl. The normalized spacial score (nSPS) is 9.27. The maximum absolute atomic E-state index is 9.87. The third kappa shape index (κ3) is 2.06. The monoisotopic (exact) mass is 191 g/mol. The van der Waals surface area contributed by atoms with E-state index in [2.05, 4.69) is 9.72 Å². The summed E-state index contributed by atoms with van der Waals surface area (Å²) in [6.07, 6.45) is 0. The lowest BCUT2D eigenvalue weighted by Gasteiger charge is -1.98. The first-order chi connectivity index (χ1) is 5.24. The fourth-order valence-corrected chi connectivity index (χ4v) is 0.928. The van der Waals surface area contributed by atoms with Crippen molar-refractivity contribution in [3.63, 3.8) is 0 Å².